The fraction of sp³-hybridized carbons (Fsp3) is 0.500. The van der Waals surface area contributed by atoms with Crippen molar-refractivity contribution in [3.63, 3.8) is 0 Å². The smallest absolute Gasteiger partial charge is 0.128 e. The number of hydrogen-bond donors (Lipinski definition) is 0. The van der Waals surface area contributed by atoms with Gasteiger partial charge in [0.15, 0.2) is 0 Å². The maximum Gasteiger partial charge on any atom is 0.128 e. The standard InChI is InChI=1S/C22H28N4O/c1-2-8-23-22(3-1)26-12-10-25(11-13-26)20-16-24(17-20)9-6-18-4-5-21-19(15-18)7-14-27-21/h1-5,8,15,20H,6-7,9-14,16-17H2. The van der Waals surface area contributed by atoms with Crippen molar-refractivity contribution >= 4 is 5.82 Å². The fourth-order valence-corrected chi connectivity index (χ4v) is 4.50. The largest absolute Gasteiger partial charge is 0.493 e. The zero-order valence-corrected chi connectivity index (χ0v) is 15.9. The number of ether oxygens (including phenoxy) is 1. The molecule has 5 rings (SSSR count). The topological polar surface area (TPSA) is 31.8 Å². The van der Waals surface area contributed by atoms with E-state index < -0.39 is 0 Å². The number of anilines is 1. The second-order valence-electron chi connectivity index (χ2n) is 7.91. The summed E-state index contributed by atoms with van der Waals surface area (Å²) in [6, 6.07) is 13.6. The Morgan fingerprint density at radius 2 is 1.93 bits per heavy atom. The quantitative estimate of drug-likeness (QED) is 0.811. The maximum absolute atomic E-state index is 5.61. The van der Waals surface area contributed by atoms with E-state index in [9.17, 15) is 0 Å². The SMILES string of the molecule is c1ccc(N2CCN(C3CN(CCc4ccc5c(c4)CCO5)C3)CC2)nc1. The van der Waals surface area contributed by atoms with Gasteiger partial charge in [-0.3, -0.25) is 9.80 Å². The summed E-state index contributed by atoms with van der Waals surface area (Å²) in [5.74, 6) is 2.21. The number of fused-ring (bicyclic) bond motifs is 1. The molecule has 2 fully saturated rings. The Labute approximate surface area is 161 Å². The van der Waals surface area contributed by atoms with Crippen LogP contribution in [0.4, 0.5) is 5.82 Å². The number of nitrogens with zero attached hydrogens (tertiary/aromatic N) is 4. The highest BCUT2D eigenvalue weighted by molar-refractivity contribution is 5.40. The highest BCUT2D eigenvalue weighted by atomic mass is 16.5. The van der Waals surface area contributed by atoms with Gasteiger partial charge in [-0.05, 0) is 35.7 Å². The van der Waals surface area contributed by atoms with Crippen LogP contribution in [0.3, 0.4) is 0 Å². The van der Waals surface area contributed by atoms with Crippen molar-refractivity contribution in [2.45, 2.75) is 18.9 Å². The normalized spacial score (nSPS) is 21.0. The van der Waals surface area contributed by atoms with Crippen LogP contribution in [0.2, 0.25) is 0 Å². The van der Waals surface area contributed by atoms with Crippen LogP contribution >= 0.6 is 0 Å². The van der Waals surface area contributed by atoms with Gasteiger partial charge >= 0.3 is 0 Å². The lowest BCUT2D eigenvalue weighted by Gasteiger charge is -2.48. The van der Waals surface area contributed by atoms with Crippen molar-refractivity contribution in [2.24, 2.45) is 0 Å². The Bertz CT molecular complexity index is 767. The van der Waals surface area contributed by atoms with Gasteiger partial charge in [-0.15, -0.1) is 0 Å². The molecule has 3 aliphatic rings. The Kier molecular flexibility index (Phi) is 4.72. The second-order valence-corrected chi connectivity index (χ2v) is 7.91. The van der Waals surface area contributed by atoms with Gasteiger partial charge in [0.1, 0.15) is 11.6 Å². The second kappa shape index (κ2) is 7.49. The third-order valence-corrected chi connectivity index (χ3v) is 6.21. The van der Waals surface area contributed by atoms with Gasteiger partial charge in [0, 0.05) is 64.5 Å². The van der Waals surface area contributed by atoms with Crippen molar-refractivity contribution in [3.8, 4) is 5.75 Å². The van der Waals surface area contributed by atoms with Crippen molar-refractivity contribution in [3.05, 3.63) is 53.7 Å². The van der Waals surface area contributed by atoms with Crippen LogP contribution in [0.15, 0.2) is 42.6 Å². The molecule has 1 aromatic carbocycles. The average Bonchev–Trinajstić information content (AvgIpc) is 3.16. The van der Waals surface area contributed by atoms with E-state index in [2.05, 4.69) is 50.0 Å². The van der Waals surface area contributed by atoms with E-state index in [1.807, 2.05) is 12.3 Å². The van der Waals surface area contributed by atoms with Gasteiger partial charge in [0.2, 0.25) is 0 Å². The lowest BCUT2D eigenvalue weighted by atomic mass is 10.0. The highest BCUT2D eigenvalue weighted by Gasteiger charge is 2.33. The molecule has 27 heavy (non-hydrogen) atoms. The summed E-state index contributed by atoms with van der Waals surface area (Å²) in [6.07, 6.45) is 4.10. The van der Waals surface area contributed by atoms with Crippen LogP contribution in [0.5, 0.6) is 5.75 Å². The summed E-state index contributed by atoms with van der Waals surface area (Å²) in [5, 5.41) is 0. The van der Waals surface area contributed by atoms with E-state index in [1.54, 1.807) is 0 Å². The maximum atomic E-state index is 5.61. The molecular formula is C22H28N4O. The molecular weight excluding hydrogens is 336 g/mol. The summed E-state index contributed by atoms with van der Waals surface area (Å²) < 4.78 is 5.61. The summed E-state index contributed by atoms with van der Waals surface area (Å²) in [5.41, 5.74) is 2.84. The molecule has 0 spiro atoms. The highest BCUT2D eigenvalue weighted by Crippen LogP contribution is 2.26. The summed E-state index contributed by atoms with van der Waals surface area (Å²) in [7, 11) is 0. The monoisotopic (exact) mass is 364 g/mol. The molecule has 0 radical (unpaired) electrons. The summed E-state index contributed by atoms with van der Waals surface area (Å²) in [4.78, 5) is 12.2. The van der Waals surface area contributed by atoms with Crippen LogP contribution in [0, 0.1) is 0 Å². The molecule has 142 valence electrons. The summed E-state index contributed by atoms with van der Waals surface area (Å²) >= 11 is 0. The number of aromatic nitrogens is 1. The van der Waals surface area contributed by atoms with E-state index in [-0.39, 0.29) is 0 Å². The lowest BCUT2D eigenvalue weighted by molar-refractivity contribution is 0.0316. The van der Waals surface area contributed by atoms with E-state index in [1.165, 1.54) is 30.8 Å². The van der Waals surface area contributed by atoms with Crippen LogP contribution in [-0.4, -0.2) is 73.2 Å². The van der Waals surface area contributed by atoms with E-state index in [4.69, 9.17) is 4.74 Å². The van der Waals surface area contributed by atoms with Gasteiger partial charge in [0.05, 0.1) is 6.61 Å². The Morgan fingerprint density at radius 1 is 1.04 bits per heavy atom. The molecule has 4 heterocycles. The predicted molar refractivity (Wildman–Crippen MR) is 108 cm³/mol. The molecule has 0 amide bonds. The third kappa shape index (κ3) is 3.66. The fourth-order valence-electron chi connectivity index (χ4n) is 4.50. The molecule has 1 aromatic heterocycles. The van der Waals surface area contributed by atoms with Gasteiger partial charge in [-0.2, -0.15) is 0 Å². The van der Waals surface area contributed by atoms with Crippen molar-refractivity contribution in [2.75, 3.05) is 57.3 Å². The van der Waals surface area contributed by atoms with Gasteiger partial charge < -0.3 is 9.64 Å². The van der Waals surface area contributed by atoms with Crippen molar-refractivity contribution in [1.82, 2.24) is 14.8 Å². The number of rotatable bonds is 5. The van der Waals surface area contributed by atoms with Crippen LogP contribution in [0.1, 0.15) is 11.1 Å². The molecule has 3 aliphatic heterocycles. The van der Waals surface area contributed by atoms with E-state index in [0.717, 1.165) is 63.2 Å². The molecule has 0 unspecified atom stereocenters. The van der Waals surface area contributed by atoms with E-state index >= 15 is 0 Å². The molecule has 0 atom stereocenters. The molecule has 2 saturated heterocycles. The Morgan fingerprint density at radius 3 is 2.74 bits per heavy atom. The first-order valence-corrected chi connectivity index (χ1v) is 10.2. The predicted octanol–water partition coefficient (Wildman–Crippen LogP) is 2.07. The molecule has 0 saturated carbocycles. The average molecular weight is 364 g/mol. The molecule has 0 bridgehead atoms. The molecule has 2 aromatic rings. The van der Waals surface area contributed by atoms with Gasteiger partial charge in [-0.25, -0.2) is 4.98 Å². The first-order valence-electron chi connectivity index (χ1n) is 10.2. The number of piperazine rings is 1. The minimum absolute atomic E-state index is 0.740. The van der Waals surface area contributed by atoms with E-state index in [0.29, 0.717) is 0 Å². The van der Waals surface area contributed by atoms with Crippen LogP contribution in [0.25, 0.3) is 0 Å². The molecule has 5 nitrogen and oxygen atoms in total. The Balaban J connectivity index is 1.05. The summed E-state index contributed by atoms with van der Waals surface area (Å²) in [6.45, 7) is 8.94. The number of likely N-dealkylation sites (tertiary alicyclic amines) is 1. The Hall–Kier alpha value is -2.11. The zero-order chi connectivity index (χ0) is 18.1. The molecule has 5 heteroatoms. The number of hydrogen-bond acceptors (Lipinski definition) is 5. The lowest BCUT2D eigenvalue weighted by Crippen LogP contribution is -2.63. The third-order valence-electron chi connectivity index (χ3n) is 6.21. The van der Waals surface area contributed by atoms with Gasteiger partial charge in [-0.1, -0.05) is 18.2 Å². The van der Waals surface area contributed by atoms with Gasteiger partial charge in [0.25, 0.3) is 0 Å². The first-order chi connectivity index (χ1) is 13.3. The van der Waals surface area contributed by atoms with Crippen LogP contribution in [-0.2, 0) is 12.8 Å². The minimum Gasteiger partial charge on any atom is -0.493 e. The van der Waals surface area contributed by atoms with Crippen molar-refractivity contribution in [1.29, 1.82) is 0 Å². The number of pyridine rings is 1. The van der Waals surface area contributed by atoms with Crippen LogP contribution < -0.4 is 9.64 Å². The molecule has 0 aliphatic carbocycles. The van der Waals surface area contributed by atoms with Crippen molar-refractivity contribution < 1.29 is 4.74 Å². The molecule has 0 N–H and O–H groups in total. The zero-order valence-electron chi connectivity index (χ0n) is 15.9. The first kappa shape index (κ1) is 17.0. The number of benzene rings is 1. The minimum atomic E-state index is 0.740.